The SMILES string of the molecule is O=C(C1CCCN(Cc2ccc(F)cc2)C1)N1CCN(c2cccc(C(F)(F)F)c2)CC1. The van der Waals surface area contributed by atoms with Crippen molar-refractivity contribution in [3.63, 3.8) is 0 Å². The van der Waals surface area contributed by atoms with Gasteiger partial charge >= 0.3 is 6.18 Å². The topological polar surface area (TPSA) is 26.8 Å². The second kappa shape index (κ2) is 9.48. The van der Waals surface area contributed by atoms with Crippen molar-refractivity contribution < 1.29 is 22.4 Å². The van der Waals surface area contributed by atoms with E-state index < -0.39 is 11.7 Å². The Hall–Kier alpha value is -2.61. The molecule has 4 rings (SSSR count). The minimum absolute atomic E-state index is 0.0793. The normalized spacial score (nSPS) is 20.4. The number of alkyl halides is 3. The van der Waals surface area contributed by atoms with Crippen LogP contribution in [0.15, 0.2) is 48.5 Å². The van der Waals surface area contributed by atoms with Crippen molar-refractivity contribution >= 4 is 11.6 Å². The molecule has 4 nitrogen and oxygen atoms in total. The van der Waals surface area contributed by atoms with Gasteiger partial charge in [-0.3, -0.25) is 9.69 Å². The van der Waals surface area contributed by atoms with Crippen molar-refractivity contribution in [2.75, 3.05) is 44.2 Å². The number of rotatable bonds is 4. The molecular weight excluding hydrogens is 422 g/mol. The molecule has 8 heteroatoms. The average molecular weight is 449 g/mol. The first kappa shape index (κ1) is 22.6. The number of hydrogen-bond acceptors (Lipinski definition) is 3. The van der Waals surface area contributed by atoms with E-state index in [1.54, 1.807) is 18.2 Å². The van der Waals surface area contributed by atoms with Gasteiger partial charge in [0.05, 0.1) is 11.5 Å². The fraction of sp³-hybridized carbons (Fsp3) is 0.458. The molecule has 0 N–H and O–H groups in total. The monoisotopic (exact) mass is 449 g/mol. The summed E-state index contributed by atoms with van der Waals surface area (Å²) in [5, 5.41) is 0. The van der Waals surface area contributed by atoms with Gasteiger partial charge in [-0.25, -0.2) is 4.39 Å². The van der Waals surface area contributed by atoms with Crippen molar-refractivity contribution in [2.24, 2.45) is 5.92 Å². The summed E-state index contributed by atoms with van der Waals surface area (Å²) in [6.07, 6.45) is -2.59. The molecule has 1 atom stereocenters. The predicted molar refractivity (Wildman–Crippen MR) is 115 cm³/mol. The highest BCUT2D eigenvalue weighted by molar-refractivity contribution is 5.79. The average Bonchev–Trinajstić information content (AvgIpc) is 2.80. The van der Waals surface area contributed by atoms with E-state index in [0.717, 1.165) is 31.0 Å². The zero-order chi connectivity index (χ0) is 22.7. The lowest BCUT2D eigenvalue weighted by Crippen LogP contribution is -2.52. The summed E-state index contributed by atoms with van der Waals surface area (Å²) in [6.45, 7) is 4.30. The van der Waals surface area contributed by atoms with Gasteiger partial charge in [0.25, 0.3) is 0 Å². The van der Waals surface area contributed by atoms with Crippen LogP contribution in [-0.2, 0) is 17.5 Å². The minimum Gasteiger partial charge on any atom is -0.368 e. The molecule has 172 valence electrons. The first-order valence-corrected chi connectivity index (χ1v) is 11.0. The molecule has 2 fully saturated rings. The Morgan fingerprint density at radius 3 is 2.38 bits per heavy atom. The van der Waals surface area contributed by atoms with E-state index in [0.29, 0.717) is 45.0 Å². The van der Waals surface area contributed by atoms with E-state index in [4.69, 9.17) is 0 Å². The molecule has 2 aliphatic rings. The summed E-state index contributed by atoms with van der Waals surface area (Å²) < 4.78 is 52.1. The van der Waals surface area contributed by atoms with Crippen LogP contribution in [0.1, 0.15) is 24.0 Å². The first-order valence-electron chi connectivity index (χ1n) is 11.0. The van der Waals surface area contributed by atoms with E-state index in [1.807, 2.05) is 9.80 Å². The van der Waals surface area contributed by atoms with Crippen molar-refractivity contribution in [1.29, 1.82) is 0 Å². The molecule has 0 aliphatic carbocycles. The summed E-state index contributed by atoms with van der Waals surface area (Å²) in [7, 11) is 0. The third kappa shape index (κ3) is 5.41. The number of halogens is 4. The molecule has 32 heavy (non-hydrogen) atoms. The van der Waals surface area contributed by atoms with Gasteiger partial charge in [-0.15, -0.1) is 0 Å². The lowest BCUT2D eigenvalue weighted by molar-refractivity contribution is -0.138. The molecule has 0 bridgehead atoms. The Kier molecular flexibility index (Phi) is 6.69. The Bertz CT molecular complexity index is 924. The zero-order valence-electron chi connectivity index (χ0n) is 17.8. The Morgan fingerprint density at radius 2 is 1.69 bits per heavy atom. The van der Waals surface area contributed by atoms with Crippen LogP contribution in [0.2, 0.25) is 0 Å². The van der Waals surface area contributed by atoms with E-state index >= 15 is 0 Å². The lowest BCUT2D eigenvalue weighted by Gasteiger charge is -2.40. The van der Waals surface area contributed by atoms with Crippen LogP contribution in [0.4, 0.5) is 23.2 Å². The molecule has 1 amide bonds. The fourth-order valence-electron chi connectivity index (χ4n) is 4.57. The van der Waals surface area contributed by atoms with Crippen LogP contribution in [0.25, 0.3) is 0 Å². The second-order valence-electron chi connectivity index (χ2n) is 8.56. The quantitative estimate of drug-likeness (QED) is 0.648. The lowest BCUT2D eigenvalue weighted by atomic mass is 9.95. The number of hydrogen-bond donors (Lipinski definition) is 0. The van der Waals surface area contributed by atoms with Crippen molar-refractivity contribution in [2.45, 2.75) is 25.6 Å². The smallest absolute Gasteiger partial charge is 0.368 e. The minimum atomic E-state index is -4.37. The number of likely N-dealkylation sites (tertiary alicyclic amines) is 1. The summed E-state index contributed by atoms with van der Waals surface area (Å²) in [4.78, 5) is 19.1. The van der Waals surface area contributed by atoms with Gasteiger partial charge in [0.1, 0.15) is 5.82 Å². The van der Waals surface area contributed by atoms with Crippen molar-refractivity contribution in [3.05, 3.63) is 65.5 Å². The number of amides is 1. The molecule has 2 saturated heterocycles. The summed E-state index contributed by atoms with van der Waals surface area (Å²) >= 11 is 0. The Morgan fingerprint density at radius 1 is 0.969 bits per heavy atom. The molecule has 2 aliphatic heterocycles. The van der Waals surface area contributed by atoms with Gasteiger partial charge in [0, 0.05) is 45.0 Å². The standard InChI is InChI=1S/C24H27F4N3O/c25-21-8-6-18(7-9-21)16-29-10-2-3-19(17-29)23(32)31-13-11-30(12-14-31)22-5-1-4-20(15-22)24(26,27)28/h1,4-9,15,19H,2-3,10-14,16-17H2. The zero-order valence-corrected chi connectivity index (χ0v) is 17.8. The van der Waals surface area contributed by atoms with Crippen LogP contribution < -0.4 is 4.90 Å². The van der Waals surface area contributed by atoms with Crippen LogP contribution in [0, 0.1) is 11.7 Å². The molecule has 0 radical (unpaired) electrons. The third-order valence-corrected chi connectivity index (χ3v) is 6.30. The molecule has 2 aromatic rings. The second-order valence-corrected chi connectivity index (χ2v) is 8.56. The highest BCUT2D eigenvalue weighted by Crippen LogP contribution is 2.32. The van der Waals surface area contributed by atoms with Crippen molar-refractivity contribution in [1.82, 2.24) is 9.80 Å². The summed E-state index contributed by atoms with van der Waals surface area (Å²) in [5.41, 5.74) is 0.904. The predicted octanol–water partition coefficient (Wildman–Crippen LogP) is 4.41. The van der Waals surface area contributed by atoms with Crippen LogP contribution in [0.3, 0.4) is 0 Å². The Labute approximate surface area is 185 Å². The van der Waals surface area contributed by atoms with Gasteiger partial charge in [0.15, 0.2) is 0 Å². The number of piperazine rings is 1. The summed E-state index contributed by atoms with van der Waals surface area (Å²) in [5.74, 6) is -0.216. The van der Waals surface area contributed by atoms with Crippen LogP contribution >= 0.6 is 0 Å². The number of nitrogens with zero attached hydrogens (tertiary/aromatic N) is 3. The molecule has 2 heterocycles. The van der Waals surface area contributed by atoms with E-state index in [1.165, 1.54) is 24.3 Å². The maximum Gasteiger partial charge on any atom is 0.416 e. The van der Waals surface area contributed by atoms with E-state index in [9.17, 15) is 22.4 Å². The third-order valence-electron chi connectivity index (χ3n) is 6.30. The van der Waals surface area contributed by atoms with Crippen LogP contribution in [-0.4, -0.2) is 55.0 Å². The van der Waals surface area contributed by atoms with E-state index in [2.05, 4.69) is 4.90 Å². The highest BCUT2D eigenvalue weighted by Gasteiger charge is 2.33. The van der Waals surface area contributed by atoms with Gasteiger partial charge in [0.2, 0.25) is 5.91 Å². The maximum atomic E-state index is 13.1. The largest absolute Gasteiger partial charge is 0.416 e. The first-order chi connectivity index (χ1) is 15.3. The van der Waals surface area contributed by atoms with Crippen molar-refractivity contribution in [3.8, 4) is 0 Å². The van der Waals surface area contributed by atoms with Gasteiger partial charge in [-0.05, 0) is 55.3 Å². The fourth-order valence-corrected chi connectivity index (χ4v) is 4.57. The molecular formula is C24H27F4N3O. The maximum absolute atomic E-state index is 13.1. The van der Waals surface area contributed by atoms with Gasteiger partial charge in [-0.1, -0.05) is 18.2 Å². The molecule has 2 aromatic carbocycles. The highest BCUT2D eigenvalue weighted by atomic mass is 19.4. The molecule has 1 unspecified atom stereocenters. The number of carbonyl (C=O) groups excluding carboxylic acids is 1. The van der Waals surface area contributed by atoms with Gasteiger partial charge in [-0.2, -0.15) is 13.2 Å². The van der Waals surface area contributed by atoms with Crippen LogP contribution in [0.5, 0.6) is 0 Å². The molecule has 0 saturated carbocycles. The molecule has 0 aromatic heterocycles. The number of benzene rings is 2. The number of anilines is 1. The van der Waals surface area contributed by atoms with E-state index in [-0.39, 0.29) is 17.6 Å². The number of carbonyl (C=O) groups is 1. The van der Waals surface area contributed by atoms with Gasteiger partial charge < -0.3 is 9.80 Å². The molecule has 0 spiro atoms. The summed E-state index contributed by atoms with van der Waals surface area (Å²) in [6, 6.07) is 11.8. The number of piperidine rings is 1. The Balaban J connectivity index is 1.31.